The number of nitrogens with two attached hydrogens (primary N) is 2. The molecule has 2 aromatic carbocycles. The van der Waals surface area contributed by atoms with Gasteiger partial charge in [-0.3, -0.25) is 9.89 Å². The van der Waals surface area contributed by atoms with Gasteiger partial charge in [-0.2, -0.15) is 5.10 Å². The highest BCUT2D eigenvalue weighted by atomic mass is 32.2. The second-order valence-corrected chi connectivity index (χ2v) is 6.46. The minimum Gasteiger partial charge on any atom is -0.399 e. The minimum absolute atomic E-state index is 0.0338. The van der Waals surface area contributed by atoms with Crippen LogP contribution in [0.1, 0.15) is 10.5 Å². The molecule has 118 valence electrons. The molecule has 8 nitrogen and oxygen atoms in total. The van der Waals surface area contributed by atoms with Gasteiger partial charge in [0.1, 0.15) is 0 Å². The molecule has 0 aliphatic carbocycles. The number of aromatic nitrogens is 2. The standard InChI is InChI=1S/C14H13N5O3S/c15-8-1-6-12-11(7-8)13(19-18-12)14(20)17-9-2-4-10(5-3-9)23(16,21)22/h1-7H,15H2,(H,17,20)(H,18,19)(H2,16,21,22). The first kappa shape index (κ1) is 15.0. The van der Waals surface area contributed by atoms with Crippen molar-refractivity contribution in [1.29, 1.82) is 0 Å². The first-order valence-electron chi connectivity index (χ1n) is 6.52. The van der Waals surface area contributed by atoms with Crippen molar-refractivity contribution in [3.63, 3.8) is 0 Å². The Bertz CT molecular complexity index is 993. The van der Waals surface area contributed by atoms with Crippen molar-refractivity contribution >= 4 is 38.2 Å². The Morgan fingerprint density at radius 3 is 2.48 bits per heavy atom. The molecule has 0 fully saturated rings. The zero-order valence-corrected chi connectivity index (χ0v) is 12.6. The molecule has 0 bridgehead atoms. The summed E-state index contributed by atoms with van der Waals surface area (Å²) in [7, 11) is -3.77. The molecular formula is C14H13N5O3S. The smallest absolute Gasteiger partial charge is 0.276 e. The summed E-state index contributed by atoms with van der Waals surface area (Å²) in [6.45, 7) is 0. The first-order chi connectivity index (χ1) is 10.8. The molecule has 6 N–H and O–H groups in total. The van der Waals surface area contributed by atoms with E-state index in [4.69, 9.17) is 10.9 Å². The number of nitrogens with zero attached hydrogens (tertiary/aromatic N) is 1. The average molecular weight is 331 g/mol. The van der Waals surface area contributed by atoms with Gasteiger partial charge in [-0.25, -0.2) is 13.6 Å². The predicted octanol–water partition coefficient (Wildman–Crippen LogP) is 1.04. The number of nitrogens with one attached hydrogen (secondary N) is 2. The maximum Gasteiger partial charge on any atom is 0.276 e. The topological polar surface area (TPSA) is 144 Å². The maximum absolute atomic E-state index is 12.3. The van der Waals surface area contributed by atoms with Crippen molar-refractivity contribution in [3.05, 3.63) is 48.2 Å². The maximum atomic E-state index is 12.3. The molecule has 0 saturated carbocycles. The van der Waals surface area contributed by atoms with Gasteiger partial charge in [0.15, 0.2) is 5.69 Å². The molecule has 9 heteroatoms. The van der Waals surface area contributed by atoms with Crippen molar-refractivity contribution in [3.8, 4) is 0 Å². The number of carbonyl (C=O) groups excluding carboxylic acids is 1. The summed E-state index contributed by atoms with van der Waals surface area (Å²) in [5.74, 6) is -0.440. The van der Waals surface area contributed by atoms with E-state index in [9.17, 15) is 13.2 Å². The summed E-state index contributed by atoms with van der Waals surface area (Å²) in [6.07, 6.45) is 0. The van der Waals surface area contributed by atoms with Crippen molar-refractivity contribution < 1.29 is 13.2 Å². The van der Waals surface area contributed by atoms with Crippen LogP contribution in [-0.4, -0.2) is 24.5 Å². The zero-order valence-electron chi connectivity index (χ0n) is 11.8. The van der Waals surface area contributed by atoms with Crippen molar-refractivity contribution in [2.24, 2.45) is 5.14 Å². The van der Waals surface area contributed by atoms with Gasteiger partial charge in [0.05, 0.1) is 10.4 Å². The molecule has 3 rings (SSSR count). The van der Waals surface area contributed by atoms with Crippen LogP contribution in [0.15, 0.2) is 47.4 Å². The lowest BCUT2D eigenvalue weighted by Gasteiger charge is -2.05. The van der Waals surface area contributed by atoms with Crippen molar-refractivity contribution in [2.45, 2.75) is 4.90 Å². The van der Waals surface area contributed by atoms with Gasteiger partial charge in [0, 0.05) is 16.8 Å². The Hall–Kier alpha value is -2.91. The molecule has 0 unspecified atom stereocenters. The van der Waals surface area contributed by atoms with Gasteiger partial charge in [0.25, 0.3) is 5.91 Å². The summed E-state index contributed by atoms with van der Waals surface area (Å²) in [6, 6.07) is 10.6. The van der Waals surface area contributed by atoms with Gasteiger partial charge in [-0.05, 0) is 42.5 Å². The Morgan fingerprint density at radius 1 is 1.13 bits per heavy atom. The normalized spacial score (nSPS) is 11.5. The Labute approximate surface area is 131 Å². The number of fused-ring (bicyclic) bond motifs is 1. The number of primary sulfonamides is 1. The fraction of sp³-hybridized carbons (Fsp3) is 0. The Balaban J connectivity index is 1.87. The van der Waals surface area contributed by atoms with Crippen LogP contribution in [0.25, 0.3) is 10.9 Å². The number of aromatic amines is 1. The molecular weight excluding hydrogens is 318 g/mol. The van der Waals surface area contributed by atoms with E-state index in [1.165, 1.54) is 24.3 Å². The van der Waals surface area contributed by atoms with E-state index >= 15 is 0 Å². The van der Waals surface area contributed by atoms with Gasteiger partial charge in [-0.15, -0.1) is 0 Å². The van der Waals surface area contributed by atoms with E-state index in [1.807, 2.05) is 0 Å². The molecule has 1 heterocycles. The van der Waals surface area contributed by atoms with Crippen LogP contribution < -0.4 is 16.2 Å². The lowest BCUT2D eigenvalue weighted by molar-refractivity contribution is 0.102. The fourth-order valence-corrected chi connectivity index (χ4v) is 2.64. The SMILES string of the molecule is Nc1ccc2[nH]nc(C(=O)Nc3ccc(S(N)(=O)=O)cc3)c2c1. The van der Waals surface area contributed by atoms with Crippen molar-refractivity contribution in [2.75, 3.05) is 11.1 Å². The van der Waals surface area contributed by atoms with Crippen LogP contribution >= 0.6 is 0 Å². The number of amides is 1. The molecule has 1 amide bonds. The van der Waals surface area contributed by atoms with Gasteiger partial charge in [0.2, 0.25) is 10.0 Å². The van der Waals surface area contributed by atoms with Gasteiger partial charge < -0.3 is 11.1 Å². The third kappa shape index (κ3) is 3.00. The van der Waals surface area contributed by atoms with Gasteiger partial charge in [-0.1, -0.05) is 0 Å². The Morgan fingerprint density at radius 2 is 1.83 bits per heavy atom. The van der Waals surface area contributed by atoms with Crippen LogP contribution in [0.5, 0.6) is 0 Å². The molecule has 23 heavy (non-hydrogen) atoms. The average Bonchev–Trinajstić information content (AvgIpc) is 2.90. The number of hydrogen-bond donors (Lipinski definition) is 4. The number of sulfonamides is 1. The summed E-state index contributed by atoms with van der Waals surface area (Å²) in [5.41, 5.74) is 7.54. The molecule has 0 radical (unpaired) electrons. The van der Waals surface area contributed by atoms with E-state index < -0.39 is 15.9 Å². The van der Waals surface area contributed by atoms with Crippen LogP contribution in [0.3, 0.4) is 0 Å². The molecule has 0 spiro atoms. The van der Waals surface area contributed by atoms with E-state index in [0.717, 1.165) is 0 Å². The van der Waals surface area contributed by atoms with Crippen LogP contribution in [0, 0.1) is 0 Å². The van der Waals surface area contributed by atoms with Crippen molar-refractivity contribution in [1.82, 2.24) is 10.2 Å². The third-order valence-electron chi connectivity index (χ3n) is 3.24. The zero-order chi connectivity index (χ0) is 16.6. The number of nitrogen functional groups attached to an aromatic ring is 1. The van der Waals surface area contributed by atoms with Crippen LogP contribution in [0.2, 0.25) is 0 Å². The molecule has 1 aromatic heterocycles. The van der Waals surface area contributed by atoms with Crippen LogP contribution in [0.4, 0.5) is 11.4 Å². The van der Waals surface area contributed by atoms with E-state index in [0.29, 0.717) is 22.3 Å². The van der Waals surface area contributed by atoms with E-state index in [-0.39, 0.29) is 10.6 Å². The minimum atomic E-state index is -3.77. The molecule has 0 aliphatic heterocycles. The summed E-state index contributed by atoms with van der Waals surface area (Å²) < 4.78 is 22.4. The fourth-order valence-electron chi connectivity index (χ4n) is 2.12. The highest BCUT2D eigenvalue weighted by molar-refractivity contribution is 7.89. The second-order valence-electron chi connectivity index (χ2n) is 4.90. The van der Waals surface area contributed by atoms with E-state index in [1.54, 1.807) is 18.2 Å². The van der Waals surface area contributed by atoms with Crippen LogP contribution in [-0.2, 0) is 10.0 Å². The number of benzene rings is 2. The molecule has 0 aliphatic rings. The summed E-state index contributed by atoms with van der Waals surface area (Å²) in [4.78, 5) is 12.3. The molecule has 0 atom stereocenters. The highest BCUT2D eigenvalue weighted by Crippen LogP contribution is 2.20. The number of anilines is 2. The Kier molecular flexibility index (Phi) is 3.51. The quantitative estimate of drug-likeness (QED) is 0.530. The third-order valence-corrected chi connectivity index (χ3v) is 4.17. The number of hydrogen-bond acceptors (Lipinski definition) is 5. The molecule has 3 aromatic rings. The predicted molar refractivity (Wildman–Crippen MR) is 86.3 cm³/mol. The summed E-state index contributed by atoms with van der Waals surface area (Å²) in [5, 5.41) is 15.0. The second kappa shape index (κ2) is 5.38. The first-order valence-corrected chi connectivity index (χ1v) is 8.07. The highest BCUT2D eigenvalue weighted by Gasteiger charge is 2.15. The number of rotatable bonds is 3. The van der Waals surface area contributed by atoms with Gasteiger partial charge >= 0.3 is 0 Å². The lowest BCUT2D eigenvalue weighted by Crippen LogP contribution is -2.14. The number of H-pyrrole nitrogens is 1. The monoisotopic (exact) mass is 331 g/mol. The summed E-state index contributed by atoms with van der Waals surface area (Å²) >= 11 is 0. The molecule has 0 saturated heterocycles. The van der Waals surface area contributed by atoms with E-state index in [2.05, 4.69) is 15.5 Å². The lowest BCUT2D eigenvalue weighted by atomic mass is 10.2. The largest absolute Gasteiger partial charge is 0.399 e. The number of carbonyl (C=O) groups is 1.